The Labute approximate surface area is 192 Å². The quantitative estimate of drug-likeness (QED) is 0.387. The van der Waals surface area contributed by atoms with Crippen LogP contribution < -0.4 is 10.6 Å². The van der Waals surface area contributed by atoms with E-state index < -0.39 is 17.8 Å². The lowest BCUT2D eigenvalue weighted by molar-refractivity contribution is -0.117. The minimum atomic E-state index is -0.713. The Bertz CT molecular complexity index is 1050. The lowest BCUT2D eigenvalue weighted by Crippen LogP contribution is -2.33. The molecule has 0 saturated heterocycles. The minimum Gasteiger partial charge on any atom is -0.392 e. The van der Waals surface area contributed by atoms with Gasteiger partial charge in [-0.3, -0.25) is 14.8 Å². The molecule has 7 nitrogen and oxygen atoms in total. The van der Waals surface area contributed by atoms with Gasteiger partial charge in [-0.05, 0) is 49.4 Å². The van der Waals surface area contributed by atoms with Crippen molar-refractivity contribution in [3.05, 3.63) is 58.3 Å². The van der Waals surface area contributed by atoms with Crippen molar-refractivity contribution >= 4 is 36.1 Å². The van der Waals surface area contributed by atoms with E-state index in [4.69, 9.17) is 11.6 Å². The highest BCUT2D eigenvalue weighted by molar-refractivity contribution is 6.30. The molecule has 0 bridgehead atoms. The van der Waals surface area contributed by atoms with Crippen molar-refractivity contribution in [3.8, 4) is 11.3 Å². The first kappa shape index (κ1) is 25.2. The molecule has 1 aromatic heterocycles. The standard InChI is InChI=1S/C23H27ClFN5O2/c1-13(2)17-12-28-20(16-8-15(24)6-7-19(16)25)9-21(17)30-22(27-5)18(11-26-4)23(32)29-10-14(3)31/h6-9,11-14,31H,5,10H2,1-4H3,(H,28,30)(H,29,32)/b22-18-,26-11-/t14-/m0/s1. The van der Waals surface area contributed by atoms with Crippen molar-refractivity contribution in [2.75, 3.05) is 18.9 Å². The third kappa shape index (κ3) is 6.45. The molecule has 0 saturated carbocycles. The molecular formula is C23H27ClFN5O2. The number of hydrogen-bond donors (Lipinski definition) is 3. The van der Waals surface area contributed by atoms with Gasteiger partial charge in [0.25, 0.3) is 5.91 Å². The maximum atomic E-state index is 14.4. The van der Waals surface area contributed by atoms with Crippen LogP contribution >= 0.6 is 11.6 Å². The van der Waals surface area contributed by atoms with Gasteiger partial charge in [-0.15, -0.1) is 0 Å². The van der Waals surface area contributed by atoms with Crippen LogP contribution in [0.15, 0.2) is 51.8 Å². The van der Waals surface area contributed by atoms with Crippen molar-refractivity contribution < 1.29 is 14.3 Å². The Morgan fingerprint density at radius 1 is 1.34 bits per heavy atom. The summed E-state index contributed by atoms with van der Waals surface area (Å²) in [5, 5.41) is 15.6. The molecule has 2 aromatic rings. The van der Waals surface area contributed by atoms with E-state index in [1.807, 2.05) is 13.8 Å². The number of aliphatic hydroxyl groups is 1. The molecule has 0 aliphatic carbocycles. The molecule has 0 unspecified atom stereocenters. The number of aliphatic imine (C=N–C) groups is 2. The molecule has 1 amide bonds. The number of hydrogen-bond acceptors (Lipinski definition) is 6. The van der Waals surface area contributed by atoms with Crippen molar-refractivity contribution in [3.63, 3.8) is 0 Å². The van der Waals surface area contributed by atoms with Crippen LogP contribution in [-0.2, 0) is 4.79 Å². The van der Waals surface area contributed by atoms with E-state index in [9.17, 15) is 14.3 Å². The first-order valence-electron chi connectivity index (χ1n) is 9.99. The van der Waals surface area contributed by atoms with E-state index >= 15 is 0 Å². The fraction of sp³-hybridized carbons (Fsp3) is 0.304. The summed E-state index contributed by atoms with van der Waals surface area (Å²) in [5.41, 5.74) is 2.15. The van der Waals surface area contributed by atoms with Gasteiger partial charge in [0.1, 0.15) is 11.6 Å². The third-order valence-electron chi connectivity index (χ3n) is 4.49. The number of carbonyl (C=O) groups excluding carboxylic acids is 1. The average molecular weight is 460 g/mol. The van der Waals surface area contributed by atoms with Crippen LogP contribution in [0.1, 0.15) is 32.3 Å². The Morgan fingerprint density at radius 3 is 2.66 bits per heavy atom. The van der Waals surface area contributed by atoms with Crippen molar-refractivity contribution in [2.45, 2.75) is 32.8 Å². The van der Waals surface area contributed by atoms with E-state index in [1.165, 1.54) is 31.5 Å². The van der Waals surface area contributed by atoms with Crippen LogP contribution in [0.5, 0.6) is 0 Å². The van der Waals surface area contributed by atoms with Crippen LogP contribution in [0.3, 0.4) is 0 Å². The second-order valence-corrected chi connectivity index (χ2v) is 7.86. The van der Waals surface area contributed by atoms with Gasteiger partial charge >= 0.3 is 0 Å². The van der Waals surface area contributed by atoms with Crippen molar-refractivity contribution in [2.24, 2.45) is 9.98 Å². The van der Waals surface area contributed by atoms with Crippen LogP contribution in [0, 0.1) is 5.82 Å². The van der Waals surface area contributed by atoms with E-state index in [2.05, 4.69) is 32.3 Å². The SMILES string of the molecule is C=N/C(Nc1cc(-c2cc(Cl)ccc2F)ncc1C(C)C)=C(\C=N/C)C(=O)NC[C@H](C)O. The zero-order valence-electron chi connectivity index (χ0n) is 18.5. The van der Waals surface area contributed by atoms with Gasteiger partial charge in [0.2, 0.25) is 0 Å². The molecule has 1 atom stereocenters. The summed E-state index contributed by atoms with van der Waals surface area (Å²) in [6, 6.07) is 5.91. The Morgan fingerprint density at radius 2 is 2.06 bits per heavy atom. The lowest BCUT2D eigenvalue weighted by atomic mass is 10.0. The van der Waals surface area contributed by atoms with Crippen LogP contribution in [0.2, 0.25) is 5.02 Å². The largest absolute Gasteiger partial charge is 0.392 e. The molecular weight excluding hydrogens is 433 g/mol. The van der Waals surface area contributed by atoms with E-state index in [0.717, 1.165) is 5.56 Å². The molecule has 32 heavy (non-hydrogen) atoms. The number of nitrogens with one attached hydrogen (secondary N) is 2. The number of halogens is 2. The lowest BCUT2D eigenvalue weighted by Gasteiger charge is -2.18. The Hall–Kier alpha value is -3.10. The summed E-state index contributed by atoms with van der Waals surface area (Å²) in [6.45, 7) is 9.15. The number of nitrogens with zero attached hydrogens (tertiary/aromatic N) is 3. The fourth-order valence-corrected chi connectivity index (χ4v) is 3.06. The molecule has 0 aliphatic heterocycles. The summed E-state index contributed by atoms with van der Waals surface area (Å²) in [4.78, 5) is 24.9. The summed E-state index contributed by atoms with van der Waals surface area (Å²) in [6.07, 6.45) is 2.28. The Kier molecular flexibility index (Phi) is 9.04. The van der Waals surface area contributed by atoms with Gasteiger partial charge < -0.3 is 15.7 Å². The van der Waals surface area contributed by atoms with Gasteiger partial charge in [0, 0.05) is 42.3 Å². The minimum absolute atomic E-state index is 0.0645. The maximum absolute atomic E-state index is 14.4. The summed E-state index contributed by atoms with van der Waals surface area (Å²) >= 11 is 6.04. The molecule has 0 radical (unpaired) electrons. The number of amides is 1. The van der Waals surface area contributed by atoms with Crippen LogP contribution in [0.4, 0.5) is 10.1 Å². The van der Waals surface area contributed by atoms with Crippen molar-refractivity contribution in [1.82, 2.24) is 10.3 Å². The molecule has 0 fully saturated rings. The third-order valence-corrected chi connectivity index (χ3v) is 4.72. The van der Waals surface area contributed by atoms with E-state index in [1.54, 1.807) is 19.2 Å². The number of pyridine rings is 1. The number of benzene rings is 1. The second kappa shape index (κ2) is 11.5. The average Bonchev–Trinajstić information content (AvgIpc) is 2.75. The summed E-state index contributed by atoms with van der Waals surface area (Å²) in [7, 11) is 1.52. The monoisotopic (exact) mass is 459 g/mol. The first-order chi connectivity index (χ1) is 15.2. The number of anilines is 1. The van der Waals surface area contributed by atoms with Crippen LogP contribution in [-0.4, -0.2) is 48.6 Å². The summed E-state index contributed by atoms with van der Waals surface area (Å²) < 4.78 is 14.4. The molecule has 1 aromatic carbocycles. The predicted octanol–water partition coefficient (Wildman–Crippen LogP) is 4.19. The highest BCUT2D eigenvalue weighted by Crippen LogP contribution is 2.31. The van der Waals surface area contributed by atoms with Gasteiger partial charge in [0.15, 0.2) is 0 Å². The van der Waals surface area contributed by atoms with Gasteiger partial charge in [-0.25, -0.2) is 9.38 Å². The molecule has 9 heteroatoms. The van der Waals surface area contributed by atoms with E-state index in [0.29, 0.717) is 16.4 Å². The molecule has 2 rings (SSSR count). The molecule has 3 N–H and O–H groups in total. The molecule has 1 heterocycles. The zero-order chi connectivity index (χ0) is 23.8. The number of carbonyl (C=O) groups is 1. The molecule has 0 aliphatic rings. The molecule has 170 valence electrons. The fourth-order valence-electron chi connectivity index (χ4n) is 2.89. The Balaban J connectivity index is 2.57. The molecule has 0 spiro atoms. The predicted molar refractivity (Wildman–Crippen MR) is 128 cm³/mol. The number of rotatable bonds is 9. The number of aromatic nitrogens is 1. The highest BCUT2D eigenvalue weighted by atomic mass is 35.5. The zero-order valence-corrected chi connectivity index (χ0v) is 19.2. The normalized spacial score (nSPS) is 13.1. The van der Waals surface area contributed by atoms with Gasteiger partial charge in [0.05, 0.1) is 17.4 Å². The van der Waals surface area contributed by atoms with E-state index in [-0.39, 0.29) is 29.4 Å². The number of aliphatic hydroxyl groups excluding tert-OH is 1. The maximum Gasteiger partial charge on any atom is 0.256 e. The smallest absolute Gasteiger partial charge is 0.256 e. The van der Waals surface area contributed by atoms with Crippen molar-refractivity contribution in [1.29, 1.82) is 0 Å². The van der Waals surface area contributed by atoms with Crippen LogP contribution in [0.25, 0.3) is 11.3 Å². The second-order valence-electron chi connectivity index (χ2n) is 7.43. The summed E-state index contributed by atoms with van der Waals surface area (Å²) in [5.74, 6) is -0.710. The van der Waals surface area contributed by atoms with Gasteiger partial charge in [-0.1, -0.05) is 25.4 Å². The van der Waals surface area contributed by atoms with Gasteiger partial charge in [-0.2, -0.15) is 0 Å². The first-order valence-corrected chi connectivity index (χ1v) is 10.4. The highest BCUT2D eigenvalue weighted by Gasteiger charge is 2.18. The topological polar surface area (TPSA) is 99.0 Å².